The molecule has 1 atom stereocenters. The van der Waals surface area contributed by atoms with Crippen LogP contribution in [0.25, 0.3) is 0 Å². The third-order valence-corrected chi connectivity index (χ3v) is 2.59. The first-order chi connectivity index (χ1) is 8.67. The minimum Gasteiger partial charge on any atom is -0.320 e. The van der Waals surface area contributed by atoms with Crippen LogP contribution in [0.5, 0.6) is 0 Å². The first-order valence-electron chi connectivity index (χ1n) is 6.02. The molecule has 0 aromatic heterocycles. The minimum absolute atomic E-state index is 0.0392. The molecule has 0 heterocycles. The second kappa shape index (κ2) is 7.50. The van der Waals surface area contributed by atoms with Crippen LogP contribution in [0.4, 0.5) is 0 Å². The molecule has 0 bridgehead atoms. The molecule has 1 rings (SSSR count). The molecule has 3 nitrogen and oxygen atoms in total. The van der Waals surface area contributed by atoms with Gasteiger partial charge in [-0.15, -0.1) is 0 Å². The van der Waals surface area contributed by atoms with E-state index >= 15 is 0 Å². The second-order valence-electron chi connectivity index (χ2n) is 4.39. The standard InChI is InChI=1S/C15H19N3/c1-13(10-17)11-18(2)12-15-7-4-3-6-14(15)8-5-9-16/h3-4,6-7,13H,9,11-12,16H2,1-2H3. The molecule has 1 aromatic carbocycles. The first kappa shape index (κ1) is 14.3. The summed E-state index contributed by atoms with van der Waals surface area (Å²) in [6.07, 6.45) is 0. The summed E-state index contributed by atoms with van der Waals surface area (Å²) in [4.78, 5) is 2.14. The molecule has 0 spiro atoms. The van der Waals surface area contributed by atoms with Crippen LogP contribution in [0, 0.1) is 29.1 Å². The van der Waals surface area contributed by atoms with Crippen LogP contribution in [0.3, 0.4) is 0 Å². The van der Waals surface area contributed by atoms with E-state index in [9.17, 15) is 0 Å². The monoisotopic (exact) mass is 241 g/mol. The summed E-state index contributed by atoms with van der Waals surface area (Å²) in [7, 11) is 2.01. The highest BCUT2D eigenvalue weighted by Crippen LogP contribution is 2.10. The van der Waals surface area contributed by atoms with Gasteiger partial charge in [0.2, 0.25) is 0 Å². The first-order valence-corrected chi connectivity index (χ1v) is 6.02. The predicted octanol–water partition coefficient (Wildman–Crippen LogP) is 1.59. The normalized spacial score (nSPS) is 11.5. The number of hydrogen-bond acceptors (Lipinski definition) is 3. The Morgan fingerprint density at radius 3 is 2.78 bits per heavy atom. The van der Waals surface area contributed by atoms with Crippen molar-refractivity contribution in [2.75, 3.05) is 20.1 Å². The van der Waals surface area contributed by atoms with Crippen molar-refractivity contribution >= 4 is 0 Å². The zero-order valence-electron chi connectivity index (χ0n) is 11.0. The van der Waals surface area contributed by atoms with Crippen molar-refractivity contribution in [1.29, 1.82) is 5.26 Å². The highest BCUT2D eigenvalue weighted by atomic mass is 15.1. The molecular formula is C15H19N3. The molecule has 18 heavy (non-hydrogen) atoms. The Morgan fingerprint density at radius 1 is 1.39 bits per heavy atom. The Hall–Kier alpha value is -1.81. The number of rotatable bonds is 4. The summed E-state index contributed by atoms with van der Waals surface area (Å²) in [5.74, 6) is 6.00. The summed E-state index contributed by atoms with van der Waals surface area (Å²) in [6.45, 7) is 3.85. The van der Waals surface area contributed by atoms with Crippen molar-refractivity contribution < 1.29 is 0 Å². The molecule has 0 fully saturated rings. The summed E-state index contributed by atoms with van der Waals surface area (Å²) < 4.78 is 0. The second-order valence-corrected chi connectivity index (χ2v) is 4.39. The summed E-state index contributed by atoms with van der Waals surface area (Å²) in [5, 5.41) is 8.81. The van der Waals surface area contributed by atoms with Crippen LogP contribution in [0.1, 0.15) is 18.1 Å². The van der Waals surface area contributed by atoms with Crippen LogP contribution in [-0.4, -0.2) is 25.0 Å². The van der Waals surface area contributed by atoms with Crippen LogP contribution in [-0.2, 0) is 6.54 Å². The molecule has 1 aromatic rings. The van der Waals surface area contributed by atoms with Gasteiger partial charge in [0.15, 0.2) is 0 Å². The lowest BCUT2D eigenvalue weighted by Crippen LogP contribution is -2.23. The zero-order valence-corrected chi connectivity index (χ0v) is 11.0. The molecule has 0 radical (unpaired) electrons. The number of nitrogens with zero attached hydrogens (tertiary/aromatic N) is 2. The molecule has 0 amide bonds. The Kier molecular flexibility index (Phi) is 5.94. The molecule has 2 N–H and O–H groups in total. The van der Waals surface area contributed by atoms with Crippen molar-refractivity contribution in [1.82, 2.24) is 4.90 Å². The van der Waals surface area contributed by atoms with Gasteiger partial charge in [-0.25, -0.2) is 0 Å². The number of nitriles is 1. The highest BCUT2D eigenvalue weighted by molar-refractivity contribution is 5.41. The Bertz CT molecular complexity index is 476. The van der Waals surface area contributed by atoms with Gasteiger partial charge in [0, 0.05) is 18.7 Å². The summed E-state index contributed by atoms with van der Waals surface area (Å²) >= 11 is 0. The SMILES string of the molecule is CC(C#N)CN(C)Cc1ccccc1C#CCN. The lowest BCUT2D eigenvalue weighted by molar-refractivity contribution is 0.303. The highest BCUT2D eigenvalue weighted by Gasteiger charge is 2.07. The van der Waals surface area contributed by atoms with E-state index in [0.29, 0.717) is 6.54 Å². The lowest BCUT2D eigenvalue weighted by atomic mass is 10.1. The zero-order chi connectivity index (χ0) is 13.4. The molecule has 1 unspecified atom stereocenters. The van der Waals surface area contributed by atoms with E-state index in [1.165, 1.54) is 5.56 Å². The fourth-order valence-electron chi connectivity index (χ4n) is 1.79. The predicted molar refractivity (Wildman–Crippen MR) is 73.5 cm³/mol. The quantitative estimate of drug-likeness (QED) is 0.814. The third-order valence-electron chi connectivity index (χ3n) is 2.59. The van der Waals surface area contributed by atoms with E-state index in [0.717, 1.165) is 18.7 Å². The summed E-state index contributed by atoms with van der Waals surface area (Å²) in [5.41, 5.74) is 7.58. The average Bonchev–Trinajstić information content (AvgIpc) is 2.37. The van der Waals surface area contributed by atoms with Gasteiger partial charge in [-0.05, 0) is 25.6 Å². The van der Waals surface area contributed by atoms with Gasteiger partial charge < -0.3 is 10.6 Å². The molecule has 0 aliphatic carbocycles. The number of nitrogens with two attached hydrogens (primary N) is 1. The Labute approximate surface area is 109 Å². The van der Waals surface area contributed by atoms with Gasteiger partial charge in [-0.1, -0.05) is 30.0 Å². The topological polar surface area (TPSA) is 53.0 Å². The van der Waals surface area contributed by atoms with Gasteiger partial charge in [0.25, 0.3) is 0 Å². The minimum atomic E-state index is 0.0392. The van der Waals surface area contributed by atoms with Gasteiger partial charge >= 0.3 is 0 Å². The van der Waals surface area contributed by atoms with Crippen LogP contribution >= 0.6 is 0 Å². The molecule has 94 valence electrons. The largest absolute Gasteiger partial charge is 0.320 e. The number of benzene rings is 1. The maximum absolute atomic E-state index is 8.81. The maximum atomic E-state index is 8.81. The van der Waals surface area contributed by atoms with Crippen molar-refractivity contribution in [2.45, 2.75) is 13.5 Å². The van der Waals surface area contributed by atoms with E-state index in [1.54, 1.807) is 0 Å². The van der Waals surface area contributed by atoms with E-state index in [-0.39, 0.29) is 5.92 Å². The molecule has 0 saturated heterocycles. The average molecular weight is 241 g/mol. The molecule has 3 heteroatoms. The fraction of sp³-hybridized carbons (Fsp3) is 0.400. The third kappa shape index (κ3) is 4.59. The van der Waals surface area contributed by atoms with Crippen molar-refractivity contribution in [3.8, 4) is 17.9 Å². The van der Waals surface area contributed by atoms with Crippen LogP contribution in [0.15, 0.2) is 24.3 Å². The van der Waals surface area contributed by atoms with E-state index in [4.69, 9.17) is 11.0 Å². The van der Waals surface area contributed by atoms with Gasteiger partial charge in [-0.2, -0.15) is 5.26 Å². The van der Waals surface area contributed by atoms with E-state index < -0.39 is 0 Å². The van der Waals surface area contributed by atoms with Gasteiger partial charge in [0.1, 0.15) is 0 Å². The summed E-state index contributed by atoms with van der Waals surface area (Å²) in [6, 6.07) is 10.3. The van der Waals surface area contributed by atoms with Crippen molar-refractivity contribution in [3.05, 3.63) is 35.4 Å². The van der Waals surface area contributed by atoms with E-state index in [1.807, 2.05) is 32.2 Å². The molecular weight excluding hydrogens is 222 g/mol. The Balaban J connectivity index is 2.75. The van der Waals surface area contributed by atoms with Gasteiger partial charge in [0.05, 0.1) is 18.5 Å². The molecule has 0 aliphatic heterocycles. The van der Waals surface area contributed by atoms with Crippen molar-refractivity contribution in [3.63, 3.8) is 0 Å². The van der Waals surface area contributed by atoms with Crippen molar-refractivity contribution in [2.24, 2.45) is 11.7 Å². The fourth-order valence-corrected chi connectivity index (χ4v) is 1.79. The number of hydrogen-bond donors (Lipinski definition) is 1. The van der Waals surface area contributed by atoms with E-state index in [2.05, 4.69) is 28.9 Å². The Morgan fingerprint density at radius 2 is 2.11 bits per heavy atom. The molecule has 0 saturated carbocycles. The van der Waals surface area contributed by atoms with Crippen LogP contribution < -0.4 is 5.73 Å². The maximum Gasteiger partial charge on any atom is 0.0666 e. The smallest absolute Gasteiger partial charge is 0.0666 e. The van der Waals surface area contributed by atoms with Gasteiger partial charge in [-0.3, -0.25) is 0 Å². The van der Waals surface area contributed by atoms with Crippen LogP contribution in [0.2, 0.25) is 0 Å². The lowest BCUT2D eigenvalue weighted by Gasteiger charge is -2.18. The molecule has 0 aliphatic rings.